The third-order valence-electron chi connectivity index (χ3n) is 19.0. The summed E-state index contributed by atoms with van der Waals surface area (Å²) in [5.74, 6) is -1.68. The smallest absolute Gasteiger partial charge is 0.462 e. The fourth-order valence-electron chi connectivity index (χ4n) is 12.4. The van der Waals surface area contributed by atoms with Gasteiger partial charge >= 0.3 is 33.6 Å². The number of rotatable bonds is 82. The summed E-state index contributed by atoms with van der Waals surface area (Å²) in [6.07, 6.45) is 53.9. The third-order valence-corrected chi connectivity index (χ3v) is 20.9. The molecule has 23 nitrogen and oxygen atoms in total. The molecule has 4 unspecified atom stereocenters. The number of ether oxygens (including phenoxy) is 4. The van der Waals surface area contributed by atoms with Gasteiger partial charge in [0.15, 0.2) is 0 Å². The average molecular weight is 1580 g/mol. The van der Waals surface area contributed by atoms with Crippen LogP contribution in [0.3, 0.4) is 0 Å². The Morgan fingerprint density at radius 2 is 0.630 bits per heavy atom. The van der Waals surface area contributed by atoms with E-state index in [1.54, 1.807) is 0 Å². The van der Waals surface area contributed by atoms with E-state index in [-0.39, 0.29) is 77.1 Å². The minimum Gasteiger partial charge on any atom is -0.462 e. The summed E-state index contributed by atoms with van der Waals surface area (Å²) >= 11 is 0. The number of hydrogen-bond acceptors (Lipinski definition) is 17. The van der Waals surface area contributed by atoms with Crippen molar-refractivity contribution in [3.63, 3.8) is 0 Å². The molecule has 0 aliphatic rings. The number of allylic oxidation sites excluding steroid dienone is 4. The lowest BCUT2D eigenvalue weighted by Crippen LogP contribution is -2.43. The fourth-order valence-corrected chi connectivity index (χ4v) is 13.9. The number of carbonyl (C=O) groups excluding carboxylic acids is 5. The Bertz CT molecular complexity index is 2120. The lowest BCUT2D eigenvalue weighted by Gasteiger charge is -2.23. The molecule has 0 aliphatic heterocycles. The monoisotopic (exact) mass is 1580 g/mol. The number of urea groups is 1. The molecule has 0 aromatic rings. The maximum absolute atomic E-state index is 13.8. The van der Waals surface area contributed by atoms with Crippen molar-refractivity contribution in [1.29, 1.82) is 0 Å². The number of hydrogen-bond donors (Lipinski definition) is 8. The molecule has 0 saturated carbocycles. The van der Waals surface area contributed by atoms with Gasteiger partial charge < -0.3 is 60.2 Å². The van der Waals surface area contributed by atoms with E-state index in [4.69, 9.17) is 37.0 Å². The van der Waals surface area contributed by atoms with Crippen molar-refractivity contribution in [1.82, 2.24) is 21.3 Å². The molecule has 0 rings (SSSR count). The molecule has 0 aliphatic carbocycles. The van der Waals surface area contributed by atoms with Gasteiger partial charge in [-0.2, -0.15) is 0 Å². The van der Waals surface area contributed by atoms with Crippen LogP contribution >= 0.6 is 15.6 Å². The van der Waals surface area contributed by atoms with Crippen LogP contribution in [0.1, 0.15) is 375 Å². The first kappa shape index (κ1) is 105. The molecular formula is C83H160N4O19P2. The van der Waals surface area contributed by atoms with Crippen molar-refractivity contribution in [2.45, 2.75) is 412 Å². The minimum atomic E-state index is -4.79. The molecule has 108 heavy (non-hydrogen) atoms. The van der Waals surface area contributed by atoms with Gasteiger partial charge in [0.1, 0.15) is 12.2 Å². The second-order valence-electron chi connectivity index (χ2n) is 29.6. The highest BCUT2D eigenvalue weighted by Gasteiger charge is 2.29. The van der Waals surface area contributed by atoms with Crippen molar-refractivity contribution >= 4 is 45.4 Å². The second kappa shape index (κ2) is 76.3. The SMILES string of the molecule is CCCCCC/C=C/CCCC(=O)O[C@H](CCCCCCCCCCC)CC(=O)NC(COCC[C@H](O)CCCCCCC)COP(=O)(O)OCCNC(=O)NCCOP(=O)(O)OCC(COCC[C@H](O)CCCCCCC)NC(=O)C[C@@H](CCCCCCCCCCC)OC(=O)CCC/C=C/CCCCCC. The zero-order valence-corrected chi connectivity index (χ0v) is 70.7. The van der Waals surface area contributed by atoms with Gasteiger partial charge in [0.05, 0.1) is 76.8 Å². The molecular weight excluding hydrogens is 1420 g/mol. The van der Waals surface area contributed by atoms with Crippen molar-refractivity contribution < 1.29 is 90.1 Å². The van der Waals surface area contributed by atoms with Gasteiger partial charge in [0, 0.05) is 39.1 Å². The zero-order chi connectivity index (χ0) is 79.5. The van der Waals surface area contributed by atoms with Crippen LogP contribution in [0.2, 0.25) is 0 Å². The Kier molecular flexibility index (Phi) is 74.0. The van der Waals surface area contributed by atoms with E-state index in [0.717, 1.165) is 154 Å². The molecule has 0 spiro atoms. The number of esters is 2. The first-order chi connectivity index (χ1) is 52.3. The van der Waals surface area contributed by atoms with Crippen LogP contribution in [0.15, 0.2) is 24.3 Å². The molecule has 0 radical (unpaired) electrons. The Morgan fingerprint density at radius 1 is 0.343 bits per heavy atom. The number of amides is 4. The predicted molar refractivity (Wildman–Crippen MR) is 435 cm³/mol. The van der Waals surface area contributed by atoms with Crippen LogP contribution in [0, 0.1) is 0 Å². The molecule has 0 bridgehead atoms. The largest absolute Gasteiger partial charge is 0.472 e. The summed E-state index contributed by atoms with van der Waals surface area (Å²) in [6.45, 7) is 10.6. The van der Waals surface area contributed by atoms with Crippen molar-refractivity contribution in [2.75, 3.05) is 65.9 Å². The molecule has 8 N–H and O–H groups in total. The molecule has 0 fully saturated rings. The minimum absolute atomic E-state index is 0.133. The van der Waals surface area contributed by atoms with Crippen LogP contribution in [0.4, 0.5) is 4.79 Å². The van der Waals surface area contributed by atoms with Gasteiger partial charge in [0.25, 0.3) is 0 Å². The summed E-state index contributed by atoms with van der Waals surface area (Å²) in [5, 5.41) is 31.9. The highest BCUT2D eigenvalue weighted by Crippen LogP contribution is 2.44. The first-order valence-electron chi connectivity index (χ1n) is 43.4. The van der Waals surface area contributed by atoms with Gasteiger partial charge in [-0.1, -0.05) is 271 Å². The molecule has 4 amide bonds. The van der Waals surface area contributed by atoms with E-state index in [1.807, 2.05) is 0 Å². The lowest BCUT2D eigenvalue weighted by atomic mass is 10.0. The topological polar surface area (TPSA) is 322 Å². The second-order valence-corrected chi connectivity index (χ2v) is 32.5. The highest BCUT2D eigenvalue weighted by molar-refractivity contribution is 7.47. The Hall–Kier alpha value is -3.31. The predicted octanol–water partition coefficient (Wildman–Crippen LogP) is 19.6. The van der Waals surface area contributed by atoms with Crippen LogP contribution in [0.25, 0.3) is 0 Å². The van der Waals surface area contributed by atoms with E-state index in [2.05, 4.69) is 87.1 Å². The summed E-state index contributed by atoms with van der Waals surface area (Å²) in [4.78, 5) is 88.3. The van der Waals surface area contributed by atoms with Gasteiger partial charge in [-0.25, -0.2) is 13.9 Å². The number of nitrogens with one attached hydrogen (secondary N) is 4. The van der Waals surface area contributed by atoms with Crippen LogP contribution in [-0.4, -0.2) is 152 Å². The van der Waals surface area contributed by atoms with Gasteiger partial charge in [-0.05, 0) is 103 Å². The van der Waals surface area contributed by atoms with E-state index >= 15 is 0 Å². The van der Waals surface area contributed by atoms with E-state index in [1.165, 1.54) is 103 Å². The normalized spacial score (nSPS) is 14.6. The third kappa shape index (κ3) is 72.9. The Balaban J connectivity index is 5.84. The summed E-state index contributed by atoms with van der Waals surface area (Å²) < 4.78 is 71.2. The number of phosphoric acid groups is 2. The standard InChI is InChI=1S/C83H160N4O19P2/c1-7-13-19-25-29-33-37-43-49-55-77(105-81(92)57-51-45-39-35-31-27-21-15-9-3)67-79(90)86-73(69-99-63-59-75(88)53-47-41-23-17-11-5)71-103-107(95,96)101-65-61-84-83(94)85-62-66-102-108(97,98)104-72-74(70-100-64-60-76(89)54-48-42-24-18-12-6)87-80(91)68-78(56-50-44-38-34-30-26-20-14-8-2)106-82(93)58-52-46-40-36-32-28-22-16-10-4/h35-36,39-40,73-78,88-89H,7-34,37-38,41-72H2,1-6H3,(H,86,90)(H,87,91)(H,95,96)(H,97,98)(H2,84,85,94)/b39-35+,40-36+/t73?,74?,75-,76-,77-,78-/m1/s1. The molecule has 0 aromatic carbocycles. The number of unbranched alkanes of at least 4 members (excludes halogenated alkanes) is 34. The molecule has 0 saturated heterocycles. The van der Waals surface area contributed by atoms with Crippen LogP contribution in [-0.2, 0) is 65.4 Å². The quantitative estimate of drug-likeness (QED) is 0.0121. The van der Waals surface area contributed by atoms with Gasteiger partial charge in [-0.3, -0.25) is 37.3 Å². The van der Waals surface area contributed by atoms with Crippen molar-refractivity contribution in [3.8, 4) is 0 Å². The van der Waals surface area contributed by atoms with Crippen LogP contribution in [0.5, 0.6) is 0 Å². The molecule has 636 valence electrons. The summed E-state index contributed by atoms with van der Waals surface area (Å²) in [7, 11) is -9.59. The number of aliphatic hydroxyl groups is 2. The number of phosphoric ester groups is 2. The zero-order valence-electron chi connectivity index (χ0n) is 68.9. The number of carbonyl (C=O) groups is 5. The Morgan fingerprint density at radius 3 is 0.954 bits per heavy atom. The lowest BCUT2D eigenvalue weighted by molar-refractivity contribution is -0.152. The van der Waals surface area contributed by atoms with Crippen molar-refractivity contribution in [2.24, 2.45) is 0 Å². The van der Waals surface area contributed by atoms with Crippen molar-refractivity contribution in [3.05, 3.63) is 24.3 Å². The summed E-state index contributed by atoms with van der Waals surface area (Å²) in [5.41, 5.74) is 0. The van der Waals surface area contributed by atoms with E-state index < -0.39 is 96.4 Å². The summed E-state index contributed by atoms with van der Waals surface area (Å²) in [6, 6.07) is -2.66. The maximum Gasteiger partial charge on any atom is 0.472 e. The fraction of sp³-hybridized carbons (Fsp3) is 0.892. The van der Waals surface area contributed by atoms with Gasteiger partial charge in [-0.15, -0.1) is 0 Å². The van der Waals surface area contributed by atoms with Gasteiger partial charge in [0.2, 0.25) is 11.8 Å². The number of aliphatic hydroxyl groups excluding tert-OH is 2. The molecule has 0 aromatic heterocycles. The Labute approximate surface area is 655 Å². The first-order valence-corrected chi connectivity index (χ1v) is 46.4. The van der Waals surface area contributed by atoms with Crippen LogP contribution < -0.4 is 21.3 Å². The molecule has 8 atom stereocenters. The van der Waals surface area contributed by atoms with E-state index in [0.29, 0.717) is 51.4 Å². The van der Waals surface area contributed by atoms with E-state index in [9.17, 15) is 53.1 Å². The average Bonchev–Trinajstić information content (AvgIpc) is 0.909. The molecule has 0 heterocycles. The highest BCUT2D eigenvalue weighted by atomic mass is 31.2. The maximum atomic E-state index is 13.8. The molecule has 25 heteroatoms.